The molecule has 0 heterocycles. The first-order valence-corrected chi connectivity index (χ1v) is 12.3. The van der Waals surface area contributed by atoms with Crippen molar-refractivity contribution in [1.29, 1.82) is 0 Å². The van der Waals surface area contributed by atoms with Crippen LogP contribution < -0.4 is 20.3 Å². The van der Waals surface area contributed by atoms with E-state index in [1.807, 2.05) is 0 Å². The van der Waals surface area contributed by atoms with Gasteiger partial charge in [-0.15, -0.1) is 0 Å². The molecule has 0 saturated heterocycles. The summed E-state index contributed by atoms with van der Waals surface area (Å²) >= 11 is 5.55. The van der Waals surface area contributed by atoms with Crippen LogP contribution in [0.25, 0.3) is 11.1 Å². The normalized spacial score (nSPS) is 11.9. The van der Waals surface area contributed by atoms with E-state index in [9.17, 15) is 8.78 Å². The second kappa shape index (κ2) is 8.85. The fourth-order valence-corrected chi connectivity index (χ4v) is 7.26. The molecule has 0 amide bonds. The Hall–Kier alpha value is -3.02. The molecule has 0 N–H and O–H groups in total. The van der Waals surface area contributed by atoms with Crippen molar-refractivity contribution >= 4 is 35.6 Å². The van der Waals surface area contributed by atoms with Gasteiger partial charge in [0.2, 0.25) is 0 Å². The van der Waals surface area contributed by atoms with E-state index in [0.717, 1.165) is 0 Å². The average Bonchev–Trinajstić information content (AvgIpc) is 2.84. The quantitative estimate of drug-likeness (QED) is 0.155. The molecular weight excluding hydrogens is 449 g/mol. The van der Waals surface area contributed by atoms with Gasteiger partial charge in [0.1, 0.15) is 5.75 Å². The van der Waals surface area contributed by atoms with Gasteiger partial charge in [-0.25, -0.2) is 0 Å². The number of benzene rings is 4. The Bertz CT molecular complexity index is 1150. The van der Waals surface area contributed by atoms with Crippen molar-refractivity contribution in [3.05, 3.63) is 109 Å². The molecule has 0 radical (unpaired) electrons. The first-order chi connectivity index (χ1) is 15.3. The van der Waals surface area contributed by atoms with Crippen LogP contribution in [-0.2, 0) is 5.38 Å². The largest absolute Gasteiger partial charge is 0.497 e. The molecule has 0 fully saturated rings. The van der Waals surface area contributed by atoms with Crippen molar-refractivity contribution in [2.75, 3.05) is 7.11 Å². The second-order valence-electron chi connectivity index (χ2n) is 7.38. The Labute approximate surface area is 191 Å². The molecule has 0 aliphatic rings. The third-order valence-corrected chi connectivity index (χ3v) is 9.10. The van der Waals surface area contributed by atoms with Crippen molar-refractivity contribution in [1.82, 2.24) is 0 Å². The lowest BCUT2D eigenvalue weighted by Crippen LogP contribution is -2.65. The van der Waals surface area contributed by atoms with Gasteiger partial charge in [0.05, 0.1) is 7.11 Å². The molecule has 1 nitrogen and oxygen atoms in total. The van der Waals surface area contributed by atoms with Crippen molar-refractivity contribution in [2.24, 2.45) is 0 Å². The van der Waals surface area contributed by atoms with Crippen molar-refractivity contribution in [3.63, 3.8) is 0 Å². The zero-order valence-electron chi connectivity index (χ0n) is 17.2. The van der Waals surface area contributed by atoms with Gasteiger partial charge < -0.3 is 4.74 Å². The second-order valence-corrected chi connectivity index (χ2v) is 10.9. The van der Waals surface area contributed by atoms with Gasteiger partial charge in [-0.1, -0.05) is 84.9 Å². The van der Waals surface area contributed by atoms with Gasteiger partial charge in [-0.3, -0.25) is 4.11 Å². The van der Waals surface area contributed by atoms with Gasteiger partial charge in [-0.2, -0.15) is 8.78 Å². The minimum Gasteiger partial charge on any atom is -0.497 e. The molecule has 4 rings (SSSR count). The Morgan fingerprint density at radius 1 is 0.719 bits per heavy atom. The maximum absolute atomic E-state index is 17.1. The molecule has 0 saturated carbocycles. The van der Waals surface area contributed by atoms with Crippen LogP contribution in [0.1, 0.15) is 5.56 Å². The zero-order valence-corrected chi connectivity index (χ0v) is 19.0. The summed E-state index contributed by atoms with van der Waals surface area (Å²) in [6.07, 6.45) is 0. The minimum atomic E-state index is -4.26. The lowest BCUT2D eigenvalue weighted by atomic mass is 10.0. The van der Waals surface area contributed by atoms with Crippen molar-refractivity contribution in [3.8, 4) is 16.9 Å². The summed E-state index contributed by atoms with van der Waals surface area (Å²) in [5.41, 5.74) is 0.698. The van der Waals surface area contributed by atoms with E-state index in [0.29, 0.717) is 27.2 Å². The average molecular weight is 469 g/mol. The Morgan fingerprint density at radius 2 is 1.22 bits per heavy atom. The molecular formula is C26H20ClF3OSi. The molecule has 0 atom stereocenters. The number of hydrogen-bond acceptors (Lipinski definition) is 1. The van der Waals surface area contributed by atoms with Crippen LogP contribution in [0.15, 0.2) is 103 Å². The van der Waals surface area contributed by atoms with E-state index < -0.39 is 19.4 Å². The molecule has 0 aliphatic heterocycles. The summed E-state index contributed by atoms with van der Waals surface area (Å²) in [5, 5.41) is -3.05. The van der Waals surface area contributed by atoms with Crippen LogP contribution in [0.5, 0.6) is 5.75 Å². The highest BCUT2D eigenvalue weighted by Gasteiger charge is 2.46. The maximum atomic E-state index is 17.1. The Kier molecular flexibility index (Phi) is 6.13. The fourth-order valence-electron chi connectivity index (χ4n) is 3.86. The highest BCUT2D eigenvalue weighted by Crippen LogP contribution is 2.35. The fraction of sp³-hybridized carbons (Fsp3) is 0.0769. The number of hydrogen-bond donors (Lipinski definition) is 0. The summed E-state index contributed by atoms with van der Waals surface area (Å²) in [4.78, 5) is 0. The highest BCUT2D eigenvalue weighted by molar-refractivity contribution is 7.07. The molecule has 0 unspecified atom stereocenters. The molecule has 0 aliphatic carbocycles. The first-order valence-electron chi connectivity index (χ1n) is 10.00. The summed E-state index contributed by atoms with van der Waals surface area (Å²) in [5.74, 6) is 0.650. The van der Waals surface area contributed by atoms with Gasteiger partial charge in [0.25, 0.3) is 0 Å². The summed E-state index contributed by atoms with van der Waals surface area (Å²) < 4.78 is 51.7. The number of methoxy groups -OCH3 is 1. The predicted molar refractivity (Wildman–Crippen MR) is 127 cm³/mol. The van der Waals surface area contributed by atoms with Crippen LogP contribution in [0, 0.1) is 0 Å². The standard InChI is InChI=1S/C26H20ClF3OSi/c1-31-21-15-12-19(13-16-21)20-14-17-25(24(18-20)26(27,28)29)32(30,22-8-4-2-5-9-22)23-10-6-3-7-11-23/h2-18H,1H3. The summed E-state index contributed by atoms with van der Waals surface area (Å²) in [6, 6.07) is 28.4. The van der Waals surface area contributed by atoms with E-state index in [2.05, 4.69) is 0 Å². The number of rotatable bonds is 6. The minimum absolute atomic E-state index is 0.0628. The monoisotopic (exact) mass is 468 g/mol. The summed E-state index contributed by atoms with van der Waals surface area (Å²) in [7, 11) is -2.70. The molecule has 32 heavy (non-hydrogen) atoms. The molecule has 4 aromatic rings. The smallest absolute Gasteiger partial charge is 0.348 e. The Morgan fingerprint density at radius 3 is 1.69 bits per heavy atom. The van der Waals surface area contributed by atoms with Crippen LogP contribution >= 0.6 is 11.6 Å². The number of ether oxygens (including phenoxy) is 1. The predicted octanol–water partition coefficient (Wildman–Crippen LogP) is 5.59. The number of alkyl halides is 3. The van der Waals surface area contributed by atoms with E-state index >= 15 is 4.11 Å². The van der Waals surface area contributed by atoms with Gasteiger partial charge in [0.15, 0.2) is 0 Å². The Balaban J connectivity index is 1.95. The van der Waals surface area contributed by atoms with Gasteiger partial charge in [0, 0.05) is 5.56 Å². The molecule has 0 bridgehead atoms. The van der Waals surface area contributed by atoms with Gasteiger partial charge >= 0.3 is 13.8 Å². The van der Waals surface area contributed by atoms with Crippen LogP contribution in [0.2, 0.25) is 0 Å². The lowest BCUT2D eigenvalue weighted by Gasteiger charge is -2.28. The molecule has 162 valence electrons. The third-order valence-electron chi connectivity index (χ3n) is 5.46. The highest BCUT2D eigenvalue weighted by atomic mass is 35.5. The van der Waals surface area contributed by atoms with Crippen LogP contribution in [0.4, 0.5) is 12.9 Å². The van der Waals surface area contributed by atoms with Crippen LogP contribution in [-0.4, -0.2) is 15.5 Å². The molecule has 0 aromatic heterocycles. The topological polar surface area (TPSA) is 9.23 Å². The number of halogens is 4. The summed E-state index contributed by atoms with van der Waals surface area (Å²) in [6.45, 7) is 0. The maximum Gasteiger partial charge on any atom is 0.348 e. The van der Waals surface area contributed by atoms with E-state index in [1.54, 1.807) is 98.1 Å². The van der Waals surface area contributed by atoms with Gasteiger partial charge in [-0.05, 0) is 56.5 Å². The zero-order chi connectivity index (χ0) is 22.8. The van der Waals surface area contributed by atoms with Crippen LogP contribution in [0.3, 0.4) is 0 Å². The lowest BCUT2D eigenvalue weighted by molar-refractivity contribution is 0.0962. The van der Waals surface area contributed by atoms with E-state index in [-0.39, 0.29) is 5.19 Å². The first kappa shape index (κ1) is 22.2. The van der Waals surface area contributed by atoms with E-state index in [4.69, 9.17) is 16.3 Å². The van der Waals surface area contributed by atoms with E-state index in [1.165, 1.54) is 12.1 Å². The third kappa shape index (κ3) is 4.18. The SMILES string of the molecule is COc1ccc(-c2ccc([Si](F)(c3ccccc3)c3ccccc3)c(C(F)(F)Cl)c2)cc1. The molecule has 6 heteroatoms. The molecule has 0 spiro atoms. The molecule has 4 aromatic carbocycles. The van der Waals surface area contributed by atoms with Crippen molar-refractivity contribution in [2.45, 2.75) is 5.38 Å². The van der Waals surface area contributed by atoms with Crippen molar-refractivity contribution < 1.29 is 17.6 Å².